The molecule has 184 valence electrons. The van der Waals surface area contributed by atoms with Gasteiger partial charge in [0.1, 0.15) is 6.54 Å². The number of pyridine rings is 2. The molecule has 3 rings (SSSR count). The molecule has 0 aliphatic rings. The minimum absolute atomic E-state index is 0.220. The number of benzene rings is 1. The van der Waals surface area contributed by atoms with Gasteiger partial charge < -0.3 is 20.4 Å². The molecule has 8 nitrogen and oxygen atoms in total. The van der Waals surface area contributed by atoms with Crippen molar-refractivity contribution in [2.75, 3.05) is 18.5 Å². The van der Waals surface area contributed by atoms with Crippen LogP contribution in [0.3, 0.4) is 0 Å². The molecule has 2 aromatic heterocycles. The second-order valence-corrected chi connectivity index (χ2v) is 8.26. The fraction of sp³-hybridized carbons (Fsp3) is 0.333. The van der Waals surface area contributed by atoms with Crippen molar-refractivity contribution in [1.29, 1.82) is 0 Å². The van der Waals surface area contributed by atoms with Crippen molar-refractivity contribution in [3.63, 3.8) is 0 Å². The first kappa shape index (κ1) is 25.8. The van der Waals surface area contributed by atoms with Crippen molar-refractivity contribution in [2.45, 2.75) is 45.6 Å². The Labute approximate surface area is 205 Å². The van der Waals surface area contributed by atoms with Crippen molar-refractivity contribution in [3.8, 4) is 11.1 Å². The zero-order chi connectivity index (χ0) is 25.0. The van der Waals surface area contributed by atoms with Gasteiger partial charge in [-0.2, -0.15) is 0 Å². The van der Waals surface area contributed by atoms with Crippen LogP contribution < -0.4 is 16.6 Å². The van der Waals surface area contributed by atoms with Gasteiger partial charge in [-0.15, -0.1) is 0 Å². The molecule has 0 fully saturated rings. The largest absolute Gasteiger partial charge is 0.465 e. The summed E-state index contributed by atoms with van der Waals surface area (Å²) in [6.07, 6.45) is 10.5. The summed E-state index contributed by atoms with van der Waals surface area (Å²) in [5, 5.41) is 2.79. The fourth-order valence-electron chi connectivity index (χ4n) is 3.73. The molecule has 0 atom stereocenters. The first-order valence-electron chi connectivity index (χ1n) is 11.9. The van der Waals surface area contributed by atoms with E-state index in [1.807, 2.05) is 24.4 Å². The molecule has 0 spiro atoms. The number of aryl methyl sites for hydroxylation is 1. The van der Waals surface area contributed by atoms with Crippen molar-refractivity contribution in [2.24, 2.45) is 5.73 Å². The Kier molecular flexibility index (Phi) is 9.74. The molecule has 3 aromatic rings. The summed E-state index contributed by atoms with van der Waals surface area (Å²) in [4.78, 5) is 41.1. The lowest BCUT2D eigenvalue weighted by atomic mass is 10.0. The SMILES string of the molecule is CCOC(=O)Cn1cc(NC(=O)c2cccc(-c3cncc(CCCCCCN)c3)c2)ccc1=O. The summed E-state index contributed by atoms with van der Waals surface area (Å²) in [5.41, 5.74) is 9.07. The number of anilines is 1. The fourth-order valence-corrected chi connectivity index (χ4v) is 3.73. The Morgan fingerprint density at radius 2 is 1.86 bits per heavy atom. The van der Waals surface area contributed by atoms with Gasteiger partial charge in [-0.1, -0.05) is 25.0 Å². The number of nitrogens with zero attached hydrogens (tertiary/aromatic N) is 2. The third-order valence-corrected chi connectivity index (χ3v) is 5.52. The standard InChI is InChI=1S/C27H32N4O4/c1-2-35-26(33)19-31-18-24(11-12-25(31)32)30-27(34)22-10-7-9-21(15-22)23-14-20(16-29-17-23)8-5-3-4-6-13-28/h7,9-12,14-18H,2-6,8,13,19,28H2,1H3,(H,30,34). The maximum Gasteiger partial charge on any atom is 0.326 e. The van der Waals surface area contributed by atoms with Crippen LogP contribution in [-0.4, -0.2) is 34.6 Å². The number of rotatable bonds is 12. The van der Waals surface area contributed by atoms with Crippen molar-refractivity contribution >= 4 is 17.6 Å². The van der Waals surface area contributed by atoms with Crippen LogP contribution in [-0.2, 0) is 22.5 Å². The number of unbranched alkanes of at least 4 members (excludes halogenated alkanes) is 3. The van der Waals surface area contributed by atoms with Crippen molar-refractivity contribution in [1.82, 2.24) is 9.55 Å². The van der Waals surface area contributed by atoms with Gasteiger partial charge in [0.05, 0.1) is 12.3 Å². The van der Waals surface area contributed by atoms with E-state index in [4.69, 9.17) is 10.5 Å². The number of amides is 1. The smallest absolute Gasteiger partial charge is 0.326 e. The average Bonchev–Trinajstić information content (AvgIpc) is 2.86. The highest BCUT2D eigenvalue weighted by molar-refractivity contribution is 6.04. The van der Waals surface area contributed by atoms with E-state index in [0.717, 1.165) is 55.3 Å². The van der Waals surface area contributed by atoms with Gasteiger partial charge >= 0.3 is 5.97 Å². The highest BCUT2D eigenvalue weighted by atomic mass is 16.5. The molecule has 8 heteroatoms. The van der Waals surface area contributed by atoms with E-state index >= 15 is 0 Å². The highest BCUT2D eigenvalue weighted by Gasteiger charge is 2.11. The number of hydrogen-bond acceptors (Lipinski definition) is 6. The van der Waals surface area contributed by atoms with Gasteiger partial charge in [-0.3, -0.25) is 19.4 Å². The van der Waals surface area contributed by atoms with E-state index in [1.54, 1.807) is 19.2 Å². The quantitative estimate of drug-likeness (QED) is 0.303. The molecule has 3 N–H and O–H groups in total. The maximum absolute atomic E-state index is 12.9. The first-order chi connectivity index (χ1) is 17.0. The monoisotopic (exact) mass is 476 g/mol. The van der Waals surface area contributed by atoms with Crippen molar-refractivity contribution < 1.29 is 14.3 Å². The zero-order valence-corrected chi connectivity index (χ0v) is 20.0. The van der Waals surface area contributed by atoms with Crippen molar-refractivity contribution in [3.05, 3.63) is 82.5 Å². The number of ether oxygens (including phenoxy) is 1. The van der Waals surface area contributed by atoms with Crippen LogP contribution in [0.15, 0.2) is 65.8 Å². The molecule has 0 radical (unpaired) electrons. The second-order valence-electron chi connectivity index (χ2n) is 8.26. The summed E-state index contributed by atoms with van der Waals surface area (Å²) >= 11 is 0. The van der Waals surface area contributed by atoms with Crippen LogP contribution in [0, 0.1) is 0 Å². The van der Waals surface area contributed by atoms with Crippen LogP contribution >= 0.6 is 0 Å². The molecule has 0 unspecified atom stereocenters. The molecule has 0 aliphatic heterocycles. The molecule has 2 heterocycles. The van der Waals surface area contributed by atoms with Crippen LogP contribution in [0.4, 0.5) is 5.69 Å². The molecule has 35 heavy (non-hydrogen) atoms. The number of esters is 1. The molecular formula is C27H32N4O4. The Hall–Kier alpha value is -3.78. The Bertz CT molecular complexity index is 1210. The van der Waals surface area contributed by atoms with E-state index in [-0.39, 0.29) is 24.6 Å². The maximum atomic E-state index is 12.9. The lowest BCUT2D eigenvalue weighted by Crippen LogP contribution is -2.25. The van der Waals surface area contributed by atoms with Crippen LogP contribution in [0.25, 0.3) is 11.1 Å². The topological polar surface area (TPSA) is 116 Å². The summed E-state index contributed by atoms with van der Waals surface area (Å²) in [5.74, 6) is -0.839. The second kappa shape index (κ2) is 13.2. The first-order valence-corrected chi connectivity index (χ1v) is 11.9. The normalized spacial score (nSPS) is 10.7. The van der Waals surface area contributed by atoms with Gasteiger partial charge in [-0.05, 0) is 68.1 Å². The minimum Gasteiger partial charge on any atom is -0.465 e. The molecule has 0 saturated heterocycles. The summed E-state index contributed by atoms with van der Waals surface area (Å²) < 4.78 is 6.10. The lowest BCUT2D eigenvalue weighted by molar-refractivity contribution is -0.143. The molecule has 1 aromatic carbocycles. The van der Waals surface area contributed by atoms with Crippen LogP contribution in [0.5, 0.6) is 0 Å². The number of hydrogen-bond donors (Lipinski definition) is 2. The van der Waals surface area contributed by atoms with E-state index in [1.165, 1.54) is 22.9 Å². The minimum atomic E-state index is -0.517. The molecule has 1 amide bonds. The van der Waals surface area contributed by atoms with E-state index < -0.39 is 5.97 Å². The number of aromatic nitrogens is 2. The number of nitrogens with one attached hydrogen (secondary N) is 1. The third-order valence-electron chi connectivity index (χ3n) is 5.52. The Balaban J connectivity index is 1.69. The summed E-state index contributed by atoms with van der Waals surface area (Å²) in [7, 11) is 0. The number of carbonyl (C=O) groups is 2. The number of nitrogens with two attached hydrogens (primary N) is 1. The van der Waals surface area contributed by atoms with Crippen LogP contribution in [0.2, 0.25) is 0 Å². The van der Waals surface area contributed by atoms with Crippen LogP contribution in [0.1, 0.15) is 48.5 Å². The van der Waals surface area contributed by atoms with Gasteiger partial charge in [0.15, 0.2) is 0 Å². The zero-order valence-electron chi connectivity index (χ0n) is 20.0. The van der Waals surface area contributed by atoms with E-state index in [0.29, 0.717) is 11.3 Å². The number of carbonyl (C=O) groups excluding carboxylic acids is 2. The molecule has 0 aliphatic carbocycles. The predicted octanol–water partition coefficient (Wildman–Crippen LogP) is 3.79. The third kappa shape index (κ3) is 7.89. The Morgan fingerprint density at radius 3 is 2.66 bits per heavy atom. The predicted molar refractivity (Wildman–Crippen MR) is 136 cm³/mol. The van der Waals surface area contributed by atoms with Gasteiger partial charge in [0.2, 0.25) is 0 Å². The summed E-state index contributed by atoms with van der Waals surface area (Å²) in [6.45, 7) is 2.44. The van der Waals surface area contributed by atoms with Gasteiger partial charge in [-0.25, -0.2) is 0 Å². The molecule has 0 bridgehead atoms. The molecule has 0 saturated carbocycles. The van der Waals surface area contributed by atoms with E-state index in [9.17, 15) is 14.4 Å². The molecular weight excluding hydrogens is 444 g/mol. The summed E-state index contributed by atoms with van der Waals surface area (Å²) in [6, 6.07) is 12.2. The van der Waals surface area contributed by atoms with Gasteiger partial charge in [0.25, 0.3) is 11.5 Å². The lowest BCUT2D eigenvalue weighted by Gasteiger charge is -2.10. The average molecular weight is 477 g/mol. The Morgan fingerprint density at radius 1 is 1.03 bits per heavy atom. The highest BCUT2D eigenvalue weighted by Crippen LogP contribution is 2.22. The van der Waals surface area contributed by atoms with E-state index in [2.05, 4.69) is 16.4 Å². The van der Waals surface area contributed by atoms with Gasteiger partial charge in [0, 0.05) is 35.8 Å².